The first-order valence-electron chi connectivity index (χ1n) is 11.0. The van der Waals surface area contributed by atoms with Gasteiger partial charge in [0.2, 0.25) is 5.91 Å². The number of imidazole rings is 1. The average molecular weight is 436 g/mol. The second kappa shape index (κ2) is 8.79. The lowest BCUT2D eigenvalue weighted by molar-refractivity contribution is -0.116. The summed E-state index contributed by atoms with van der Waals surface area (Å²) in [4.78, 5) is 17.7. The SMILES string of the molecule is Cc1ccc(NC(=O)Cn2c(COc3cccc4ccccc34)nc3ccccc32)cc1C. The van der Waals surface area contributed by atoms with E-state index in [-0.39, 0.29) is 19.1 Å². The zero-order chi connectivity index (χ0) is 22.8. The van der Waals surface area contributed by atoms with Gasteiger partial charge in [-0.3, -0.25) is 4.79 Å². The van der Waals surface area contributed by atoms with Crippen molar-refractivity contribution >= 4 is 33.4 Å². The predicted octanol–water partition coefficient (Wildman–Crippen LogP) is 6.02. The summed E-state index contributed by atoms with van der Waals surface area (Å²) in [6.45, 7) is 4.51. The second-order valence-electron chi connectivity index (χ2n) is 8.22. The van der Waals surface area contributed by atoms with Crippen molar-refractivity contribution in [3.63, 3.8) is 0 Å². The van der Waals surface area contributed by atoms with Gasteiger partial charge in [-0.05, 0) is 60.7 Å². The number of hydrogen-bond acceptors (Lipinski definition) is 3. The molecule has 0 aliphatic carbocycles. The molecule has 0 aliphatic rings. The smallest absolute Gasteiger partial charge is 0.244 e. The quantitative estimate of drug-likeness (QED) is 0.355. The molecule has 0 radical (unpaired) electrons. The van der Waals surface area contributed by atoms with Crippen LogP contribution >= 0.6 is 0 Å². The standard InChI is InChI=1S/C28H25N3O2/c1-19-14-15-22(16-20(19)2)29-28(32)17-31-25-12-6-5-11-24(25)30-27(31)18-33-26-13-7-9-21-8-3-4-10-23(21)26/h3-16H,17-18H2,1-2H3,(H,29,32). The van der Waals surface area contributed by atoms with Gasteiger partial charge in [0.05, 0.1) is 11.0 Å². The highest BCUT2D eigenvalue weighted by molar-refractivity contribution is 5.92. The van der Waals surface area contributed by atoms with Crippen LogP contribution in [0.5, 0.6) is 5.75 Å². The molecule has 1 amide bonds. The molecule has 33 heavy (non-hydrogen) atoms. The van der Waals surface area contributed by atoms with Gasteiger partial charge in [0.25, 0.3) is 0 Å². The van der Waals surface area contributed by atoms with Crippen LogP contribution in [0.15, 0.2) is 84.9 Å². The number of aryl methyl sites for hydroxylation is 2. The molecule has 1 aromatic heterocycles. The van der Waals surface area contributed by atoms with E-state index in [2.05, 4.69) is 24.4 Å². The number of anilines is 1. The first-order chi connectivity index (χ1) is 16.1. The van der Waals surface area contributed by atoms with E-state index in [0.29, 0.717) is 5.82 Å². The third-order valence-corrected chi connectivity index (χ3v) is 5.93. The minimum Gasteiger partial charge on any atom is -0.485 e. The fourth-order valence-electron chi connectivity index (χ4n) is 4.04. The van der Waals surface area contributed by atoms with Crippen LogP contribution in [0.4, 0.5) is 5.69 Å². The molecule has 0 spiro atoms. The molecule has 0 unspecified atom stereocenters. The number of para-hydroxylation sites is 2. The highest BCUT2D eigenvalue weighted by Gasteiger charge is 2.15. The monoisotopic (exact) mass is 435 g/mol. The molecular formula is C28H25N3O2. The molecule has 0 fully saturated rings. The maximum atomic E-state index is 12.9. The maximum absolute atomic E-state index is 12.9. The molecule has 0 saturated carbocycles. The topological polar surface area (TPSA) is 56.2 Å². The van der Waals surface area contributed by atoms with Crippen LogP contribution in [0.2, 0.25) is 0 Å². The molecule has 5 nitrogen and oxygen atoms in total. The van der Waals surface area contributed by atoms with Crippen LogP contribution in [-0.2, 0) is 17.9 Å². The number of hydrogen-bond donors (Lipinski definition) is 1. The van der Waals surface area contributed by atoms with E-state index in [1.165, 1.54) is 5.56 Å². The van der Waals surface area contributed by atoms with Crippen molar-refractivity contribution in [2.75, 3.05) is 5.32 Å². The first kappa shape index (κ1) is 20.8. The number of fused-ring (bicyclic) bond motifs is 2. The summed E-state index contributed by atoms with van der Waals surface area (Å²) < 4.78 is 8.12. The zero-order valence-corrected chi connectivity index (χ0v) is 18.7. The number of carbonyl (C=O) groups excluding carboxylic acids is 1. The summed E-state index contributed by atoms with van der Waals surface area (Å²) in [7, 11) is 0. The van der Waals surface area contributed by atoms with Gasteiger partial charge < -0.3 is 14.6 Å². The highest BCUT2D eigenvalue weighted by atomic mass is 16.5. The lowest BCUT2D eigenvalue weighted by atomic mass is 10.1. The van der Waals surface area contributed by atoms with E-state index in [9.17, 15) is 4.79 Å². The van der Waals surface area contributed by atoms with Crippen molar-refractivity contribution < 1.29 is 9.53 Å². The lowest BCUT2D eigenvalue weighted by Crippen LogP contribution is -2.21. The van der Waals surface area contributed by atoms with Crippen molar-refractivity contribution in [1.29, 1.82) is 0 Å². The van der Waals surface area contributed by atoms with Crippen LogP contribution in [-0.4, -0.2) is 15.5 Å². The summed E-state index contributed by atoms with van der Waals surface area (Å²) in [5.41, 5.74) is 4.88. The summed E-state index contributed by atoms with van der Waals surface area (Å²) in [5, 5.41) is 5.18. The number of aromatic nitrogens is 2. The van der Waals surface area contributed by atoms with Gasteiger partial charge in [0, 0.05) is 11.1 Å². The minimum atomic E-state index is -0.104. The van der Waals surface area contributed by atoms with Crippen molar-refractivity contribution in [3.05, 3.63) is 102 Å². The summed E-state index contributed by atoms with van der Waals surface area (Å²) >= 11 is 0. The molecule has 5 aromatic rings. The van der Waals surface area contributed by atoms with Crippen LogP contribution in [0.1, 0.15) is 17.0 Å². The van der Waals surface area contributed by atoms with Gasteiger partial charge in [-0.15, -0.1) is 0 Å². The van der Waals surface area contributed by atoms with Crippen molar-refractivity contribution in [2.24, 2.45) is 0 Å². The van der Waals surface area contributed by atoms with E-state index < -0.39 is 0 Å². The molecule has 4 aromatic carbocycles. The van der Waals surface area contributed by atoms with E-state index in [1.807, 2.05) is 84.3 Å². The maximum Gasteiger partial charge on any atom is 0.244 e. The fraction of sp³-hybridized carbons (Fsp3) is 0.143. The van der Waals surface area contributed by atoms with Gasteiger partial charge in [0.15, 0.2) is 0 Å². The van der Waals surface area contributed by atoms with Crippen LogP contribution in [0.3, 0.4) is 0 Å². The summed E-state index contributed by atoms with van der Waals surface area (Å²) in [5.74, 6) is 1.40. The van der Waals surface area contributed by atoms with Gasteiger partial charge >= 0.3 is 0 Å². The fourth-order valence-corrected chi connectivity index (χ4v) is 4.04. The zero-order valence-electron chi connectivity index (χ0n) is 18.7. The Bertz CT molecular complexity index is 1460. The van der Waals surface area contributed by atoms with E-state index in [1.54, 1.807) is 0 Å². The number of amides is 1. The van der Waals surface area contributed by atoms with Crippen molar-refractivity contribution in [2.45, 2.75) is 27.0 Å². The van der Waals surface area contributed by atoms with E-state index in [4.69, 9.17) is 9.72 Å². The number of rotatable bonds is 6. The highest BCUT2D eigenvalue weighted by Crippen LogP contribution is 2.26. The van der Waals surface area contributed by atoms with Gasteiger partial charge in [-0.2, -0.15) is 0 Å². The molecule has 5 rings (SSSR count). The molecule has 0 atom stereocenters. The Morgan fingerprint density at radius 3 is 2.58 bits per heavy atom. The molecule has 1 N–H and O–H groups in total. The Balaban J connectivity index is 1.41. The second-order valence-corrected chi connectivity index (χ2v) is 8.22. The third kappa shape index (κ3) is 4.30. The summed E-state index contributed by atoms with van der Waals surface area (Å²) in [6.07, 6.45) is 0. The van der Waals surface area contributed by atoms with Crippen LogP contribution in [0, 0.1) is 13.8 Å². The van der Waals surface area contributed by atoms with Gasteiger partial charge in [0.1, 0.15) is 24.7 Å². The van der Waals surface area contributed by atoms with Crippen molar-refractivity contribution in [3.8, 4) is 5.75 Å². The first-order valence-corrected chi connectivity index (χ1v) is 11.0. The molecule has 0 saturated heterocycles. The molecular weight excluding hydrogens is 410 g/mol. The Morgan fingerprint density at radius 2 is 1.70 bits per heavy atom. The molecule has 164 valence electrons. The van der Waals surface area contributed by atoms with Crippen LogP contribution < -0.4 is 10.1 Å². The number of benzene rings is 4. The largest absolute Gasteiger partial charge is 0.485 e. The molecule has 0 aliphatic heterocycles. The molecule has 1 heterocycles. The summed E-state index contributed by atoms with van der Waals surface area (Å²) in [6, 6.07) is 27.9. The average Bonchev–Trinajstić information content (AvgIpc) is 3.17. The number of nitrogens with one attached hydrogen (secondary N) is 1. The number of nitrogens with zero attached hydrogens (tertiary/aromatic N) is 2. The third-order valence-electron chi connectivity index (χ3n) is 5.93. The van der Waals surface area contributed by atoms with Gasteiger partial charge in [-0.1, -0.05) is 54.6 Å². The van der Waals surface area contributed by atoms with Gasteiger partial charge in [-0.25, -0.2) is 4.98 Å². The van der Waals surface area contributed by atoms with Crippen molar-refractivity contribution in [1.82, 2.24) is 9.55 Å². The van der Waals surface area contributed by atoms with Crippen LogP contribution in [0.25, 0.3) is 21.8 Å². The molecule has 0 bridgehead atoms. The normalized spacial score (nSPS) is 11.1. The number of carbonyl (C=O) groups is 1. The van der Waals surface area contributed by atoms with E-state index in [0.717, 1.165) is 38.8 Å². The Hall–Kier alpha value is -4.12. The Labute approximate surface area is 192 Å². The minimum absolute atomic E-state index is 0.104. The van der Waals surface area contributed by atoms with E-state index >= 15 is 0 Å². The Kier molecular flexibility index (Phi) is 5.53. The Morgan fingerprint density at radius 1 is 0.909 bits per heavy atom. The lowest BCUT2D eigenvalue weighted by Gasteiger charge is -2.13. The molecule has 5 heteroatoms. The predicted molar refractivity (Wildman–Crippen MR) is 133 cm³/mol. The number of ether oxygens (including phenoxy) is 1.